The van der Waals surface area contributed by atoms with Gasteiger partial charge in [-0.3, -0.25) is 4.79 Å². The first-order chi connectivity index (χ1) is 12.5. The Hall–Kier alpha value is -2.72. The van der Waals surface area contributed by atoms with Gasteiger partial charge in [0, 0.05) is 5.02 Å². The summed E-state index contributed by atoms with van der Waals surface area (Å²) in [6.45, 7) is 4.09. The van der Waals surface area contributed by atoms with Crippen molar-refractivity contribution in [2.24, 2.45) is 0 Å². The normalized spacial score (nSPS) is 11.8. The molecule has 1 aromatic heterocycles. The highest BCUT2D eigenvalue weighted by atomic mass is 35.5. The van der Waals surface area contributed by atoms with Crippen LogP contribution in [0.5, 0.6) is 5.75 Å². The number of hydrogen-bond donors (Lipinski definition) is 1. The van der Waals surface area contributed by atoms with E-state index >= 15 is 0 Å². The topological polar surface area (TPSA) is 51.5 Å². The van der Waals surface area contributed by atoms with E-state index in [1.165, 1.54) is 0 Å². The zero-order valence-corrected chi connectivity index (χ0v) is 15.4. The molecule has 3 aromatic rings. The van der Waals surface area contributed by atoms with Crippen LogP contribution in [-0.2, 0) is 6.61 Å². The van der Waals surface area contributed by atoms with Crippen molar-refractivity contribution in [2.75, 3.05) is 0 Å². The van der Waals surface area contributed by atoms with Crippen molar-refractivity contribution in [2.45, 2.75) is 26.5 Å². The second-order valence-electron chi connectivity index (χ2n) is 6.07. The fourth-order valence-electron chi connectivity index (χ4n) is 2.53. The summed E-state index contributed by atoms with van der Waals surface area (Å²) in [6, 6.07) is 18.5. The maximum absolute atomic E-state index is 12.3. The molecule has 134 valence electrons. The third-order valence-corrected chi connectivity index (χ3v) is 4.47. The first-order valence-corrected chi connectivity index (χ1v) is 8.74. The highest BCUT2D eigenvalue weighted by molar-refractivity contribution is 6.31. The van der Waals surface area contributed by atoms with Gasteiger partial charge in [-0.15, -0.1) is 0 Å². The molecule has 3 rings (SSSR count). The molecule has 0 fully saturated rings. The quantitative estimate of drug-likeness (QED) is 0.640. The van der Waals surface area contributed by atoms with Gasteiger partial charge in [0.15, 0.2) is 5.76 Å². The molecule has 0 aliphatic rings. The molecule has 2 aromatic carbocycles. The minimum Gasteiger partial charge on any atom is -0.486 e. The summed E-state index contributed by atoms with van der Waals surface area (Å²) in [4.78, 5) is 12.3. The van der Waals surface area contributed by atoms with Crippen LogP contribution in [0.25, 0.3) is 0 Å². The second kappa shape index (κ2) is 8.11. The molecule has 5 heteroatoms. The Morgan fingerprint density at radius 3 is 2.65 bits per heavy atom. The average molecular weight is 370 g/mol. The van der Waals surface area contributed by atoms with Crippen molar-refractivity contribution in [3.63, 3.8) is 0 Å². The van der Waals surface area contributed by atoms with E-state index in [0.717, 1.165) is 11.1 Å². The van der Waals surface area contributed by atoms with Crippen LogP contribution in [0.15, 0.2) is 65.1 Å². The van der Waals surface area contributed by atoms with E-state index in [9.17, 15) is 4.79 Å². The van der Waals surface area contributed by atoms with Gasteiger partial charge < -0.3 is 14.5 Å². The molecule has 0 spiro atoms. The summed E-state index contributed by atoms with van der Waals surface area (Å²) >= 11 is 6.00. The molecule has 1 atom stereocenters. The van der Waals surface area contributed by atoms with Crippen molar-refractivity contribution in [3.05, 3.63) is 88.3 Å². The number of furan rings is 1. The number of benzene rings is 2. The minimum atomic E-state index is -0.255. The highest BCUT2D eigenvalue weighted by Crippen LogP contribution is 2.22. The third kappa shape index (κ3) is 4.46. The predicted molar refractivity (Wildman–Crippen MR) is 102 cm³/mol. The molecular weight excluding hydrogens is 350 g/mol. The van der Waals surface area contributed by atoms with Crippen LogP contribution in [0.2, 0.25) is 5.02 Å². The molecule has 4 nitrogen and oxygen atoms in total. The average Bonchev–Trinajstić information content (AvgIpc) is 3.12. The SMILES string of the molecule is Cc1cc(OCc2ccc(C(=O)NC(C)c3ccccc3)o2)ccc1Cl. The van der Waals surface area contributed by atoms with E-state index < -0.39 is 0 Å². The predicted octanol–water partition coefficient (Wildman–Crippen LogP) is 5.31. The number of aryl methyl sites for hydroxylation is 1. The number of carbonyl (C=O) groups is 1. The van der Waals surface area contributed by atoms with E-state index in [1.54, 1.807) is 24.3 Å². The summed E-state index contributed by atoms with van der Waals surface area (Å²) in [7, 11) is 0. The minimum absolute atomic E-state index is 0.106. The number of nitrogens with one attached hydrogen (secondary N) is 1. The van der Waals surface area contributed by atoms with E-state index in [2.05, 4.69) is 5.32 Å². The standard InChI is InChI=1S/C21H20ClNO3/c1-14-12-17(8-10-19(14)22)25-13-18-9-11-20(26-18)21(24)23-15(2)16-6-4-3-5-7-16/h3-12,15H,13H2,1-2H3,(H,23,24). The van der Waals surface area contributed by atoms with Crippen molar-refractivity contribution >= 4 is 17.5 Å². The van der Waals surface area contributed by atoms with E-state index in [-0.39, 0.29) is 24.3 Å². The summed E-state index contributed by atoms with van der Waals surface area (Å²) in [6.07, 6.45) is 0. The number of rotatable bonds is 6. The fourth-order valence-corrected chi connectivity index (χ4v) is 2.65. The fraction of sp³-hybridized carbons (Fsp3) is 0.190. The Labute approximate surface area is 157 Å². The third-order valence-electron chi connectivity index (χ3n) is 4.04. The number of amides is 1. The lowest BCUT2D eigenvalue weighted by Crippen LogP contribution is -2.26. The lowest BCUT2D eigenvalue weighted by Gasteiger charge is -2.13. The Morgan fingerprint density at radius 2 is 1.92 bits per heavy atom. The van der Waals surface area contributed by atoms with Crippen LogP contribution < -0.4 is 10.1 Å². The van der Waals surface area contributed by atoms with Crippen molar-refractivity contribution in [3.8, 4) is 5.75 Å². The maximum Gasteiger partial charge on any atom is 0.287 e. The molecule has 0 radical (unpaired) electrons. The molecule has 0 saturated carbocycles. The van der Waals surface area contributed by atoms with Gasteiger partial charge in [-0.1, -0.05) is 41.9 Å². The zero-order valence-electron chi connectivity index (χ0n) is 14.7. The number of ether oxygens (including phenoxy) is 1. The highest BCUT2D eigenvalue weighted by Gasteiger charge is 2.15. The Kier molecular flexibility index (Phi) is 5.64. The second-order valence-corrected chi connectivity index (χ2v) is 6.48. The van der Waals surface area contributed by atoms with Crippen molar-refractivity contribution in [1.29, 1.82) is 0 Å². The molecule has 0 aliphatic heterocycles. The van der Waals surface area contributed by atoms with Gasteiger partial charge in [-0.05, 0) is 55.3 Å². The number of hydrogen-bond acceptors (Lipinski definition) is 3. The molecule has 1 unspecified atom stereocenters. The van der Waals surface area contributed by atoms with Crippen molar-refractivity contribution in [1.82, 2.24) is 5.32 Å². The largest absolute Gasteiger partial charge is 0.486 e. The lowest BCUT2D eigenvalue weighted by molar-refractivity contribution is 0.0907. The van der Waals surface area contributed by atoms with Crippen LogP contribution in [0, 0.1) is 6.92 Å². The molecule has 0 saturated heterocycles. The van der Waals surface area contributed by atoms with Crippen molar-refractivity contribution < 1.29 is 13.9 Å². The molecule has 26 heavy (non-hydrogen) atoms. The molecule has 1 heterocycles. The molecule has 0 aliphatic carbocycles. The summed E-state index contributed by atoms with van der Waals surface area (Å²) < 4.78 is 11.3. The van der Waals surface area contributed by atoms with Crippen LogP contribution in [-0.4, -0.2) is 5.91 Å². The summed E-state index contributed by atoms with van der Waals surface area (Å²) in [5.41, 5.74) is 1.98. The summed E-state index contributed by atoms with van der Waals surface area (Å²) in [5.74, 6) is 1.29. The van der Waals surface area contributed by atoms with Gasteiger partial charge in [-0.2, -0.15) is 0 Å². The number of halogens is 1. The monoisotopic (exact) mass is 369 g/mol. The van der Waals surface area contributed by atoms with Gasteiger partial charge in [0.2, 0.25) is 0 Å². The van der Waals surface area contributed by atoms with E-state index in [0.29, 0.717) is 16.5 Å². The first kappa shape index (κ1) is 18.1. The molecule has 1 amide bonds. The zero-order chi connectivity index (χ0) is 18.5. The van der Waals surface area contributed by atoms with E-state index in [1.807, 2.05) is 50.2 Å². The lowest BCUT2D eigenvalue weighted by atomic mass is 10.1. The smallest absolute Gasteiger partial charge is 0.287 e. The molecule has 1 N–H and O–H groups in total. The van der Waals surface area contributed by atoms with Gasteiger partial charge in [0.05, 0.1) is 6.04 Å². The molecular formula is C21H20ClNO3. The first-order valence-electron chi connectivity index (χ1n) is 8.36. The van der Waals surface area contributed by atoms with Gasteiger partial charge in [0.1, 0.15) is 18.1 Å². The number of carbonyl (C=O) groups excluding carboxylic acids is 1. The molecule has 0 bridgehead atoms. The Morgan fingerprint density at radius 1 is 1.15 bits per heavy atom. The van der Waals surface area contributed by atoms with Crippen LogP contribution in [0.3, 0.4) is 0 Å². The van der Waals surface area contributed by atoms with Gasteiger partial charge in [0.25, 0.3) is 5.91 Å². The van der Waals surface area contributed by atoms with Gasteiger partial charge >= 0.3 is 0 Å². The van der Waals surface area contributed by atoms with Crippen LogP contribution in [0.4, 0.5) is 0 Å². The van der Waals surface area contributed by atoms with Crippen LogP contribution >= 0.6 is 11.6 Å². The maximum atomic E-state index is 12.3. The van der Waals surface area contributed by atoms with Crippen LogP contribution in [0.1, 0.15) is 40.4 Å². The summed E-state index contributed by atoms with van der Waals surface area (Å²) in [5, 5.41) is 3.62. The van der Waals surface area contributed by atoms with Gasteiger partial charge in [-0.25, -0.2) is 0 Å². The Bertz CT molecular complexity index is 889. The van der Waals surface area contributed by atoms with E-state index in [4.69, 9.17) is 20.8 Å². The Balaban J connectivity index is 1.58.